The van der Waals surface area contributed by atoms with E-state index in [1.807, 2.05) is 42.5 Å². The average molecular weight is 523 g/mol. The van der Waals surface area contributed by atoms with Crippen molar-refractivity contribution < 1.29 is 22.8 Å². The lowest BCUT2D eigenvalue weighted by atomic mass is 9.89. The number of fused-ring (bicyclic) bond motifs is 3. The number of imide groups is 1. The minimum Gasteiger partial charge on any atom is -0.367 e. The van der Waals surface area contributed by atoms with Crippen LogP contribution < -0.4 is 5.32 Å². The highest BCUT2D eigenvalue weighted by Crippen LogP contribution is 2.47. The van der Waals surface area contributed by atoms with Gasteiger partial charge in [-0.25, -0.2) is 4.98 Å². The molecule has 6 nitrogen and oxygen atoms in total. The summed E-state index contributed by atoms with van der Waals surface area (Å²) in [4.78, 5) is 33.9. The summed E-state index contributed by atoms with van der Waals surface area (Å²) in [5.41, 5.74) is 0.0810. The van der Waals surface area contributed by atoms with Gasteiger partial charge in [0.1, 0.15) is 5.82 Å². The molecular formula is C24H22ClF3N4O2S. The second-order valence-corrected chi connectivity index (χ2v) is 10.1. The van der Waals surface area contributed by atoms with Crippen LogP contribution in [0.3, 0.4) is 0 Å². The lowest BCUT2D eigenvalue weighted by molar-refractivity contribution is -0.141. The van der Waals surface area contributed by atoms with Crippen molar-refractivity contribution in [2.24, 2.45) is 11.8 Å². The largest absolute Gasteiger partial charge is 0.417 e. The van der Waals surface area contributed by atoms with Gasteiger partial charge < -0.3 is 5.32 Å². The van der Waals surface area contributed by atoms with Crippen molar-refractivity contribution in [2.45, 2.75) is 18.3 Å². The first-order valence-corrected chi connectivity index (χ1v) is 12.7. The maximum absolute atomic E-state index is 13.4. The fourth-order valence-corrected chi connectivity index (χ4v) is 6.62. The topological polar surface area (TPSA) is 65.5 Å². The van der Waals surface area contributed by atoms with Crippen LogP contribution in [0.2, 0.25) is 5.02 Å². The Morgan fingerprint density at radius 1 is 1.17 bits per heavy atom. The number of nitrogens with one attached hydrogen (secondary N) is 1. The number of carbonyl (C=O) groups is 2. The molecule has 4 heterocycles. The number of halogens is 4. The van der Waals surface area contributed by atoms with E-state index in [1.54, 1.807) is 11.8 Å². The number of nitrogens with zero attached hydrogens (tertiary/aromatic N) is 3. The molecule has 0 bridgehead atoms. The lowest BCUT2D eigenvalue weighted by Crippen LogP contribution is -2.43. The molecule has 184 valence electrons. The zero-order chi connectivity index (χ0) is 24.7. The van der Waals surface area contributed by atoms with Crippen molar-refractivity contribution >= 4 is 47.1 Å². The van der Waals surface area contributed by atoms with E-state index < -0.39 is 23.6 Å². The molecule has 1 aromatic carbocycles. The molecule has 3 fully saturated rings. The van der Waals surface area contributed by atoms with Crippen molar-refractivity contribution in [3.8, 4) is 0 Å². The van der Waals surface area contributed by atoms with Crippen LogP contribution in [0.1, 0.15) is 11.1 Å². The highest BCUT2D eigenvalue weighted by molar-refractivity contribution is 7.99. The molecule has 0 aliphatic carbocycles. The number of amides is 2. The van der Waals surface area contributed by atoms with Gasteiger partial charge in [0, 0.05) is 43.0 Å². The van der Waals surface area contributed by atoms with Crippen molar-refractivity contribution in [3.05, 3.63) is 64.8 Å². The van der Waals surface area contributed by atoms with E-state index in [9.17, 15) is 22.8 Å². The first kappa shape index (κ1) is 24.1. The number of aromatic nitrogens is 1. The number of anilines is 1. The van der Waals surface area contributed by atoms with Crippen LogP contribution in [-0.2, 0) is 15.8 Å². The molecule has 4 unspecified atom stereocenters. The van der Waals surface area contributed by atoms with Crippen molar-refractivity contribution in [1.29, 1.82) is 0 Å². The molecule has 0 saturated carbocycles. The predicted molar refractivity (Wildman–Crippen MR) is 129 cm³/mol. The highest BCUT2D eigenvalue weighted by atomic mass is 35.5. The zero-order valence-electron chi connectivity index (χ0n) is 18.4. The van der Waals surface area contributed by atoms with E-state index >= 15 is 0 Å². The van der Waals surface area contributed by atoms with Gasteiger partial charge in [-0.1, -0.05) is 54.1 Å². The van der Waals surface area contributed by atoms with Crippen LogP contribution in [-0.4, -0.2) is 63.4 Å². The molecular weight excluding hydrogens is 501 g/mol. The number of likely N-dealkylation sites (tertiary alicyclic amines) is 1. The Kier molecular flexibility index (Phi) is 6.54. The molecule has 3 aliphatic rings. The third-order valence-electron chi connectivity index (χ3n) is 6.69. The fourth-order valence-electron chi connectivity index (χ4n) is 5.07. The van der Waals surface area contributed by atoms with Gasteiger partial charge in [0.25, 0.3) is 0 Å². The number of benzene rings is 1. The minimum absolute atomic E-state index is 0.0101. The summed E-state index contributed by atoms with van der Waals surface area (Å²) >= 11 is 7.70. The molecule has 0 radical (unpaired) electrons. The first-order chi connectivity index (χ1) is 16.8. The molecule has 2 aromatic rings. The molecule has 4 atom stereocenters. The Morgan fingerprint density at radius 3 is 2.63 bits per heavy atom. The molecule has 0 spiro atoms. The number of rotatable bonds is 6. The summed E-state index contributed by atoms with van der Waals surface area (Å²) in [5, 5.41) is 2.66. The number of hydrogen-bond donors (Lipinski definition) is 1. The molecule has 35 heavy (non-hydrogen) atoms. The Labute approximate surface area is 209 Å². The SMILES string of the molecule is O=C1C2C(C(=O)N1CCNc1ncc(C(F)(F)F)cc1Cl)C1CSCN1C2C=Cc1ccccc1. The van der Waals surface area contributed by atoms with Gasteiger partial charge in [0.05, 0.1) is 22.4 Å². The zero-order valence-corrected chi connectivity index (χ0v) is 20.0. The summed E-state index contributed by atoms with van der Waals surface area (Å²) < 4.78 is 38.5. The second-order valence-electron chi connectivity index (χ2n) is 8.70. The molecule has 1 N–H and O–H groups in total. The third-order valence-corrected chi connectivity index (χ3v) is 8.04. The molecule has 3 aliphatic heterocycles. The van der Waals surface area contributed by atoms with Gasteiger partial charge in [-0.2, -0.15) is 13.2 Å². The number of hydrogen-bond acceptors (Lipinski definition) is 6. The number of alkyl halides is 3. The van der Waals surface area contributed by atoms with Crippen LogP contribution in [0.5, 0.6) is 0 Å². The van der Waals surface area contributed by atoms with Gasteiger partial charge >= 0.3 is 6.18 Å². The minimum atomic E-state index is -4.54. The molecule has 1 aromatic heterocycles. The maximum atomic E-state index is 13.4. The standard InChI is InChI=1S/C24H22ClF3N4O2S/c25-16-10-15(24(26,27)28)11-30-21(16)29-8-9-31-22(33)19-17(7-6-14-4-2-1-3-5-14)32-13-35-12-18(32)20(19)23(31)34/h1-7,10-11,17-20H,8-9,12-13H2,(H,29,30). The molecule has 3 saturated heterocycles. The van der Waals surface area contributed by atoms with E-state index in [1.165, 1.54) is 4.90 Å². The number of carbonyl (C=O) groups excluding carboxylic acids is 2. The van der Waals surface area contributed by atoms with Crippen LogP contribution in [0.4, 0.5) is 19.0 Å². The van der Waals surface area contributed by atoms with Gasteiger partial charge in [-0.3, -0.25) is 19.4 Å². The third kappa shape index (κ3) is 4.54. The monoisotopic (exact) mass is 522 g/mol. The van der Waals surface area contributed by atoms with Crippen molar-refractivity contribution in [3.63, 3.8) is 0 Å². The Balaban J connectivity index is 1.28. The van der Waals surface area contributed by atoms with Gasteiger partial charge in [-0.15, -0.1) is 11.8 Å². The van der Waals surface area contributed by atoms with E-state index in [0.717, 1.165) is 23.3 Å². The van der Waals surface area contributed by atoms with Crippen molar-refractivity contribution in [2.75, 3.05) is 30.0 Å². The van der Waals surface area contributed by atoms with Crippen LogP contribution in [0.15, 0.2) is 48.7 Å². The lowest BCUT2D eigenvalue weighted by Gasteiger charge is -2.26. The number of pyridine rings is 1. The number of thioether (sulfide) groups is 1. The van der Waals surface area contributed by atoms with Crippen LogP contribution >= 0.6 is 23.4 Å². The van der Waals surface area contributed by atoms with E-state index in [4.69, 9.17) is 11.6 Å². The smallest absolute Gasteiger partial charge is 0.367 e. The molecule has 11 heteroatoms. The summed E-state index contributed by atoms with van der Waals surface area (Å²) in [5.74, 6) is 0.406. The first-order valence-electron chi connectivity index (χ1n) is 11.1. The van der Waals surface area contributed by atoms with E-state index in [-0.39, 0.29) is 47.8 Å². The summed E-state index contributed by atoms with van der Waals surface area (Å²) in [6.45, 7) is 0.210. The Bertz CT molecular complexity index is 1160. The average Bonchev–Trinajstić information content (AvgIpc) is 3.47. The van der Waals surface area contributed by atoms with Crippen molar-refractivity contribution in [1.82, 2.24) is 14.8 Å². The van der Waals surface area contributed by atoms with E-state index in [0.29, 0.717) is 6.20 Å². The van der Waals surface area contributed by atoms with Gasteiger partial charge in [0.15, 0.2) is 0 Å². The Morgan fingerprint density at radius 2 is 1.91 bits per heavy atom. The molecule has 5 rings (SSSR count). The second kappa shape index (κ2) is 9.48. The van der Waals surface area contributed by atoms with Crippen LogP contribution in [0, 0.1) is 11.8 Å². The maximum Gasteiger partial charge on any atom is 0.417 e. The predicted octanol–water partition coefficient (Wildman–Crippen LogP) is 4.24. The fraction of sp³-hybridized carbons (Fsp3) is 0.375. The summed E-state index contributed by atoms with van der Waals surface area (Å²) in [6, 6.07) is 10.4. The normalized spacial score (nSPS) is 26.6. The summed E-state index contributed by atoms with van der Waals surface area (Å²) in [6.07, 6.45) is 0.172. The van der Waals surface area contributed by atoms with Gasteiger partial charge in [-0.05, 0) is 11.6 Å². The quantitative estimate of drug-likeness (QED) is 0.573. The van der Waals surface area contributed by atoms with Crippen LogP contribution in [0.25, 0.3) is 6.08 Å². The Hall–Kier alpha value is -2.56. The summed E-state index contributed by atoms with van der Waals surface area (Å²) in [7, 11) is 0. The highest BCUT2D eigenvalue weighted by Gasteiger charge is 2.62. The van der Waals surface area contributed by atoms with E-state index in [2.05, 4.69) is 15.2 Å². The van der Waals surface area contributed by atoms with Gasteiger partial charge in [0.2, 0.25) is 11.8 Å². The molecule has 2 amide bonds.